The molecular formula is C15H24N2O. The largest absolute Gasteiger partial charge is 0.495 e. The van der Waals surface area contributed by atoms with Crippen molar-refractivity contribution in [2.45, 2.75) is 38.6 Å². The molecule has 0 spiro atoms. The lowest BCUT2D eigenvalue weighted by Gasteiger charge is -2.38. The highest BCUT2D eigenvalue weighted by molar-refractivity contribution is 5.61. The van der Waals surface area contributed by atoms with E-state index in [1.807, 2.05) is 0 Å². The van der Waals surface area contributed by atoms with Gasteiger partial charge in [-0.05, 0) is 56.8 Å². The molecule has 1 atom stereocenters. The summed E-state index contributed by atoms with van der Waals surface area (Å²) in [6.07, 6.45) is 4.89. The number of methoxy groups -OCH3 is 1. The third kappa shape index (κ3) is 2.78. The molecule has 2 N–H and O–H groups in total. The first-order valence-corrected chi connectivity index (χ1v) is 6.87. The normalized spacial score (nSPS) is 19.9. The van der Waals surface area contributed by atoms with Crippen LogP contribution in [0.5, 0.6) is 5.75 Å². The van der Waals surface area contributed by atoms with Crippen molar-refractivity contribution in [2.75, 3.05) is 25.1 Å². The van der Waals surface area contributed by atoms with Crippen molar-refractivity contribution in [2.24, 2.45) is 5.73 Å². The Kier molecular flexibility index (Phi) is 4.48. The van der Waals surface area contributed by atoms with Crippen LogP contribution in [0.2, 0.25) is 0 Å². The van der Waals surface area contributed by atoms with Crippen molar-refractivity contribution in [3.63, 3.8) is 0 Å². The molecule has 0 aromatic heterocycles. The molecule has 3 heteroatoms. The van der Waals surface area contributed by atoms with E-state index in [1.54, 1.807) is 7.11 Å². The van der Waals surface area contributed by atoms with Gasteiger partial charge in [-0.2, -0.15) is 0 Å². The quantitative estimate of drug-likeness (QED) is 0.890. The zero-order valence-electron chi connectivity index (χ0n) is 11.5. The number of benzene rings is 1. The number of nitrogens with two attached hydrogens (primary N) is 1. The summed E-state index contributed by atoms with van der Waals surface area (Å²) >= 11 is 0. The number of hydrogen-bond donors (Lipinski definition) is 1. The Labute approximate surface area is 110 Å². The van der Waals surface area contributed by atoms with E-state index < -0.39 is 0 Å². The Morgan fingerprint density at radius 1 is 1.39 bits per heavy atom. The summed E-state index contributed by atoms with van der Waals surface area (Å²) < 4.78 is 5.51. The van der Waals surface area contributed by atoms with Crippen LogP contribution in [-0.2, 0) is 0 Å². The molecule has 1 unspecified atom stereocenters. The van der Waals surface area contributed by atoms with E-state index in [-0.39, 0.29) is 0 Å². The molecule has 0 saturated carbocycles. The van der Waals surface area contributed by atoms with Crippen LogP contribution in [0.1, 0.15) is 31.2 Å². The molecule has 1 aromatic rings. The van der Waals surface area contributed by atoms with Gasteiger partial charge >= 0.3 is 0 Å². The number of piperidine rings is 1. The van der Waals surface area contributed by atoms with E-state index in [1.165, 1.54) is 30.5 Å². The average Bonchev–Trinajstić information content (AvgIpc) is 2.40. The SMILES string of the molecule is COc1ccc(C)cc1N1CCCCC1CCN. The number of rotatable bonds is 4. The fraction of sp³-hybridized carbons (Fsp3) is 0.600. The summed E-state index contributed by atoms with van der Waals surface area (Å²) in [5.74, 6) is 0.976. The number of nitrogens with zero attached hydrogens (tertiary/aromatic N) is 1. The molecule has 0 amide bonds. The highest BCUT2D eigenvalue weighted by Gasteiger charge is 2.24. The number of aryl methyl sites for hydroxylation is 1. The Morgan fingerprint density at radius 2 is 2.22 bits per heavy atom. The van der Waals surface area contributed by atoms with Gasteiger partial charge in [0.15, 0.2) is 0 Å². The van der Waals surface area contributed by atoms with Crippen LogP contribution in [0.4, 0.5) is 5.69 Å². The van der Waals surface area contributed by atoms with E-state index >= 15 is 0 Å². The molecule has 0 aliphatic carbocycles. The van der Waals surface area contributed by atoms with E-state index in [0.717, 1.165) is 25.3 Å². The van der Waals surface area contributed by atoms with Gasteiger partial charge in [0.1, 0.15) is 5.75 Å². The van der Waals surface area contributed by atoms with Gasteiger partial charge in [-0.15, -0.1) is 0 Å². The lowest BCUT2D eigenvalue weighted by Crippen LogP contribution is -2.41. The first kappa shape index (κ1) is 13.2. The van der Waals surface area contributed by atoms with Crippen molar-refractivity contribution in [3.8, 4) is 5.75 Å². The molecule has 3 nitrogen and oxygen atoms in total. The maximum Gasteiger partial charge on any atom is 0.142 e. The van der Waals surface area contributed by atoms with Crippen LogP contribution >= 0.6 is 0 Å². The van der Waals surface area contributed by atoms with Crippen molar-refractivity contribution < 1.29 is 4.74 Å². The second-order valence-corrected chi connectivity index (χ2v) is 5.10. The van der Waals surface area contributed by atoms with E-state index in [4.69, 9.17) is 10.5 Å². The summed E-state index contributed by atoms with van der Waals surface area (Å²) in [6, 6.07) is 6.97. The number of hydrogen-bond acceptors (Lipinski definition) is 3. The van der Waals surface area contributed by atoms with Crippen LogP contribution in [-0.4, -0.2) is 26.2 Å². The number of ether oxygens (including phenoxy) is 1. The molecule has 100 valence electrons. The molecule has 0 bridgehead atoms. The molecule has 1 fully saturated rings. The van der Waals surface area contributed by atoms with Crippen molar-refractivity contribution in [1.82, 2.24) is 0 Å². The van der Waals surface area contributed by atoms with Crippen LogP contribution in [0.15, 0.2) is 18.2 Å². The minimum atomic E-state index is 0.569. The second kappa shape index (κ2) is 6.10. The number of anilines is 1. The molecular weight excluding hydrogens is 224 g/mol. The Bertz CT molecular complexity index is 390. The molecule has 1 aromatic carbocycles. The Hall–Kier alpha value is -1.22. The van der Waals surface area contributed by atoms with Gasteiger partial charge in [0, 0.05) is 12.6 Å². The zero-order chi connectivity index (χ0) is 13.0. The van der Waals surface area contributed by atoms with Crippen LogP contribution < -0.4 is 15.4 Å². The first-order chi connectivity index (χ1) is 8.76. The summed E-state index contributed by atoms with van der Waals surface area (Å²) in [4.78, 5) is 2.49. The van der Waals surface area contributed by atoms with Crippen molar-refractivity contribution in [3.05, 3.63) is 23.8 Å². The van der Waals surface area contributed by atoms with Crippen LogP contribution in [0.3, 0.4) is 0 Å². The highest BCUT2D eigenvalue weighted by Crippen LogP contribution is 2.34. The minimum Gasteiger partial charge on any atom is -0.495 e. The predicted molar refractivity (Wildman–Crippen MR) is 76.4 cm³/mol. The van der Waals surface area contributed by atoms with Gasteiger partial charge in [0.25, 0.3) is 0 Å². The molecule has 1 heterocycles. The molecule has 1 saturated heterocycles. The van der Waals surface area contributed by atoms with Gasteiger partial charge < -0.3 is 15.4 Å². The van der Waals surface area contributed by atoms with Gasteiger partial charge in [0.05, 0.1) is 12.8 Å². The maximum absolute atomic E-state index is 5.74. The second-order valence-electron chi connectivity index (χ2n) is 5.10. The summed E-state index contributed by atoms with van der Waals surface area (Å²) in [7, 11) is 1.75. The first-order valence-electron chi connectivity index (χ1n) is 6.87. The zero-order valence-corrected chi connectivity index (χ0v) is 11.5. The molecule has 1 aliphatic heterocycles. The van der Waals surface area contributed by atoms with Gasteiger partial charge in [-0.3, -0.25) is 0 Å². The van der Waals surface area contributed by atoms with E-state index in [0.29, 0.717) is 6.04 Å². The van der Waals surface area contributed by atoms with Gasteiger partial charge in [-0.25, -0.2) is 0 Å². The molecule has 18 heavy (non-hydrogen) atoms. The summed E-state index contributed by atoms with van der Waals surface area (Å²) in [5, 5.41) is 0. The van der Waals surface area contributed by atoms with Crippen LogP contribution in [0, 0.1) is 6.92 Å². The standard InChI is InChI=1S/C15H24N2O/c1-12-6-7-15(18-2)14(11-12)17-10-4-3-5-13(17)8-9-16/h6-7,11,13H,3-5,8-10,16H2,1-2H3. The van der Waals surface area contributed by atoms with Crippen molar-refractivity contribution in [1.29, 1.82) is 0 Å². The molecule has 2 rings (SSSR count). The van der Waals surface area contributed by atoms with E-state index in [9.17, 15) is 0 Å². The fourth-order valence-electron chi connectivity index (χ4n) is 2.83. The molecule has 1 aliphatic rings. The molecule has 0 radical (unpaired) electrons. The summed E-state index contributed by atoms with van der Waals surface area (Å²) in [6.45, 7) is 4.00. The topological polar surface area (TPSA) is 38.5 Å². The fourth-order valence-corrected chi connectivity index (χ4v) is 2.83. The average molecular weight is 248 g/mol. The van der Waals surface area contributed by atoms with Crippen LogP contribution in [0.25, 0.3) is 0 Å². The summed E-state index contributed by atoms with van der Waals surface area (Å²) in [5.41, 5.74) is 8.25. The lowest BCUT2D eigenvalue weighted by atomic mass is 9.98. The third-order valence-corrected chi connectivity index (χ3v) is 3.77. The third-order valence-electron chi connectivity index (χ3n) is 3.77. The monoisotopic (exact) mass is 248 g/mol. The Morgan fingerprint density at radius 3 is 2.94 bits per heavy atom. The predicted octanol–water partition coefficient (Wildman–Crippen LogP) is 2.71. The van der Waals surface area contributed by atoms with Gasteiger partial charge in [0.2, 0.25) is 0 Å². The highest BCUT2D eigenvalue weighted by atomic mass is 16.5. The van der Waals surface area contributed by atoms with E-state index in [2.05, 4.69) is 30.0 Å². The maximum atomic E-state index is 5.74. The Balaban J connectivity index is 2.29. The van der Waals surface area contributed by atoms with Gasteiger partial charge in [-0.1, -0.05) is 6.07 Å². The smallest absolute Gasteiger partial charge is 0.142 e. The lowest BCUT2D eigenvalue weighted by molar-refractivity contribution is 0.400. The minimum absolute atomic E-state index is 0.569. The van der Waals surface area contributed by atoms with Crippen molar-refractivity contribution >= 4 is 5.69 Å².